The molecular formula is C10H14ClN3O3S2. The zero-order valence-electron chi connectivity index (χ0n) is 10.8. The van der Waals surface area contributed by atoms with Crippen LogP contribution in [0.2, 0.25) is 0 Å². The summed E-state index contributed by atoms with van der Waals surface area (Å²) >= 11 is 1.30. The monoisotopic (exact) mass is 323 g/mol. The summed E-state index contributed by atoms with van der Waals surface area (Å²) in [4.78, 5) is 13.2. The van der Waals surface area contributed by atoms with Crippen LogP contribution in [0.15, 0.2) is 0 Å². The van der Waals surface area contributed by atoms with Gasteiger partial charge in [0.2, 0.25) is 20.1 Å². The number of rotatable bonds is 2. The van der Waals surface area contributed by atoms with Crippen LogP contribution < -0.4 is 4.90 Å². The molecule has 2 rings (SSSR count). The minimum atomic E-state index is -3.73. The first kappa shape index (κ1) is 14.7. The van der Waals surface area contributed by atoms with Gasteiger partial charge in [-0.2, -0.15) is 0 Å². The number of carbonyl (C=O) groups is 1. The Morgan fingerprint density at radius 1 is 1.37 bits per heavy atom. The summed E-state index contributed by atoms with van der Waals surface area (Å²) in [5.41, 5.74) is -0.156. The van der Waals surface area contributed by atoms with Crippen LogP contribution in [-0.2, 0) is 19.3 Å². The molecule has 0 spiro atoms. The number of nitrogens with zero attached hydrogens (tertiary/aromatic N) is 3. The van der Waals surface area contributed by atoms with E-state index < -0.39 is 14.3 Å². The first-order chi connectivity index (χ1) is 8.59. The maximum absolute atomic E-state index is 11.8. The molecule has 1 aliphatic heterocycles. The van der Waals surface area contributed by atoms with Gasteiger partial charge in [0.1, 0.15) is 10.3 Å². The zero-order valence-corrected chi connectivity index (χ0v) is 13.1. The average molecular weight is 324 g/mol. The Balaban J connectivity index is 2.24. The number of anilines is 1. The van der Waals surface area contributed by atoms with E-state index in [0.29, 0.717) is 5.13 Å². The molecule has 1 amide bonds. The van der Waals surface area contributed by atoms with E-state index in [9.17, 15) is 13.2 Å². The third kappa shape index (κ3) is 3.06. The Morgan fingerprint density at radius 2 is 2.00 bits per heavy atom. The van der Waals surface area contributed by atoms with Crippen molar-refractivity contribution in [1.82, 2.24) is 10.2 Å². The van der Waals surface area contributed by atoms with E-state index in [4.69, 9.17) is 10.7 Å². The molecule has 6 nitrogen and oxygen atoms in total. The second-order valence-corrected chi connectivity index (χ2v) is 9.31. The van der Waals surface area contributed by atoms with Gasteiger partial charge in [0, 0.05) is 29.1 Å². The van der Waals surface area contributed by atoms with Crippen molar-refractivity contribution in [2.75, 3.05) is 11.4 Å². The predicted molar refractivity (Wildman–Crippen MR) is 74.1 cm³/mol. The molecule has 0 aliphatic carbocycles. The summed E-state index contributed by atoms with van der Waals surface area (Å²) in [5.74, 6) is -0.286. The van der Waals surface area contributed by atoms with Crippen molar-refractivity contribution < 1.29 is 13.2 Å². The molecule has 0 aromatic carbocycles. The molecule has 0 N–H and O–H groups in total. The zero-order chi connectivity index (χ0) is 14.4. The molecular weight excluding hydrogens is 310 g/mol. The fraction of sp³-hybridized carbons (Fsp3) is 0.700. The molecule has 2 heterocycles. The molecule has 106 valence electrons. The Labute approximate surface area is 120 Å². The van der Waals surface area contributed by atoms with Crippen molar-refractivity contribution in [2.45, 2.75) is 37.9 Å². The molecule has 1 fully saturated rings. The van der Waals surface area contributed by atoms with E-state index >= 15 is 0 Å². The molecule has 0 radical (unpaired) electrons. The molecule has 1 aliphatic rings. The lowest BCUT2D eigenvalue weighted by atomic mass is 9.98. The van der Waals surface area contributed by atoms with Gasteiger partial charge in [0.15, 0.2) is 0 Å². The summed E-state index contributed by atoms with van der Waals surface area (Å²) in [6, 6.07) is 0. The maximum Gasteiger partial charge on any atom is 0.237 e. The highest BCUT2D eigenvalue weighted by molar-refractivity contribution is 8.14. The normalized spacial score (nSPS) is 21.2. The van der Waals surface area contributed by atoms with Gasteiger partial charge < -0.3 is 0 Å². The minimum Gasteiger partial charge on any atom is -0.285 e. The smallest absolute Gasteiger partial charge is 0.237 e. The predicted octanol–water partition coefficient (Wildman–Crippen LogP) is 1.51. The van der Waals surface area contributed by atoms with Gasteiger partial charge in [-0.1, -0.05) is 32.1 Å². The highest BCUT2D eigenvalue weighted by Gasteiger charge is 2.39. The van der Waals surface area contributed by atoms with E-state index in [-0.39, 0.29) is 24.3 Å². The summed E-state index contributed by atoms with van der Waals surface area (Å²) in [5, 5.41) is 8.37. The van der Waals surface area contributed by atoms with Crippen molar-refractivity contribution in [3.63, 3.8) is 0 Å². The third-order valence-electron chi connectivity index (χ3n) is 2.77. The van der Waals surface area contributed by atoms with Gasteiger partial charge in [-0.15, -0.1) is 10.2 Å². The van der Waals surface area contributed by atoms with Crippen molar-refractivity contribution in [2.24, 2.45) is 0 Å². The van der Waals surface area contributed by atoms with Gasteiger partial charge in [-0.05, 0) is 0 Å². The second kappa shape index (κ2) is 4.68. The maximum atomic E-state index is 11.8. The fourth-order valence-electron chi connectivity index (χ4n) is 1.68. The van der Waals surface area contributed by atoms with E-state index in [1.54, 1.807) is 0 Å². The number of aromatic nitrogens is 2. The Morgan fingerprint density at radius 3 is 2.42 bits per heavy atom. The largest absolute Gasteiger partial charge is 0.285 e. The fourth-order valence-corrected chi connectivity index (χ4v) is 3.63. The van der Waals surface area contributed by atoms with Gasteiger partial charge >= 0.3 is 0 Å². The van der Waals surface area contributed by atoms with Crippen molar-refractivity contribution >= 4 is 42.1 Å². The molecule has 0 saturated carbocycles. The van der Waals surface area contributed by atoms with Crippen LogP contribution in [0.1, 0.15) is 32.2 Å². The van der Waals surface area contributed by atoms with Crippen molar-refractivity contribution in [3.8, 4) is 0 Å². The first-order valence-electron chi connectivity index (χ1n) is 5.67. The van der Waals surface area contributed by atoms with E-state index in [0.717, 1.165) is 5.01 Å². The quantitative estimate of drug-likeness (QED) is 0.771. The van der Waals surface area contributed by atoms with E-state index in [1.165, 1.54) is 16.2 Å². The Bertz CT molecular complexity index is 606. The molecule has 1 atom stereocenters. The Hall–Kier alpha value is -0.730. The highest BCUT2D eigenvalue weighted by Crippen LogP contribution is 2.33. The van der Waals surface area contributed by atoms with Crippen molar-refractivity contribution in [1.29, 1.82) is 0 Å². The molecule has 1 saturated heterocycles. The average Bonchev–Trinajstić information content (AvgIpc) is 2.80. The van der Waals surface area contributed by atoms with Crippen LogP contribution in [0.4, 0.5) is 5.13 Å². The van der Waals surface area contributed by atoms with E-state index in [2.05, 4.69) is 10.2 Å². The van der Waals surface area contributed by atoms with Gasteiger partial charge in [-0.25, -0.2) is 8.42 Å². The van der Waals surface area contributed by atoms with Crippen LogP contribution in [0.25, 0.3) is 0 Å². The molecule has 1 aromatic heterocycles. The Kier molecular flexibility index (Phi) is 3.61. The van der Waals surface area contributed by atoms with Gasteiger partial charge in [-0.3, -0.25) is 9.69 Å². The van der Waals surface area contributed by atoms with Crippen LogP contribution >= 0.6 is 22.0 Å². The number of carbonyl (C=O) groups excluding carboxylic acids is 1. The molecule has 9 heteroatoms. The summed E-state index contributed by atoms with van der Waals surface area (Å²) in [7, 11) is 1.56. The van der Waals surface area contributed by atoms with Crippen molar-refractivity contribution in [3.05, 3.63) is 5.01 Å². The summed E-state index contributed by atoms with van der Waals surface area (Å²) in [6.45, 7) is 6.03. The molecule has 0 bridgehead atoms. The SMILES string of the molecule is CC(C)(C)c1nnc(N2CC(S(=O)(=O)Cl)CC2=O)s1. The lowest BCUT2D eigenvalue weighted by Crippen LogP contribution is -2.26. The lowest BCUT2D eigenvalue weighted by molar-refractivity contribution is -0.117. The summed E-state index contributed by atoms with van der Waals surface area (Å²) < 4.78 is 22.5. The third-order valence-corrected chi connectivity index (χ3v) is 6.01. The minimum absolute atomic E-state index is 0.0451. The van der Waals surface area contributed by atoms with Gasteiger partial charge in [0.25, 0.3) is 0 Å². The number of amides is 1. The molecule has 1 unspecified atom stereocenters. The van der Waals surface area contributed by atoms with Crippen LogP contribution in [0.5, 0.6) is 0 Å². The number of hydrogen-bond donors (Lipinski definition) is 0. The molecule has 1 aromatic rings. The highest BCUT2D eigenvalue weighted by atomic mass is 35.7. The van der Waals surface area contributed by atoms with E-state index in [1.807, 2.05) is 20.8 Å². The van der Waals surface area contributed by atoms with Crippen LogP contribution in [0.3, 0.4) is 0 Å². The number of halogens is 1. The van der Waals surface area contributed by atoms with Gasteiger partial charge in [0.05, 0.1) is 0 Å². The first-order valence-corrected chi connectivity index (χ1v) is 8.86. The number of hydrogen-bond acceptors (Lipinski definition) is 6. The second-order valence-electron chi connectivity index (χ2n) is 5.45. The van der Waals surface area contributed by atoms with Crippen LogP contribution in [-0.4, -0.2) is 36.3 Å². The topological polar surface area (TPSA) is 80.2 Å². The molecule has 19 heavy (non-hydrogen) atoms. The standard InChI is InChI=1S/C10H14ClN3O3S2/c1-10(2,3)8-12-13-9(18-8)14-5-6(4-7(14)15)19(11,16)17/h6H,4-5H2,1-3H3. The van der Waals surface area contributed by atoms with Crippen LogP contribution in [0, 0.1) is 0 Å². The summed E-state index contributed by atoms with van der Waals surface area (Å²) in [6.07, 6.45) is -0.101. The lowest BCUT2D eigenvalue weighted by Gasteiger charge is -2.13.